The first-order chi connectivity index (χ1) is 14.2. The summed E-state index contributed by atoms with van der Waals surface area (Å²) in [5.74, 6) is -0.138. The minimum Gasteiger partial charge on any atom is -0.454 e. The number of thiophene rings is 1. The highest BCUT2D eigenvalue weighted by Gasteiger charge is 2.29. The van der Waals surface area contributed by atoms with Gasteiger partial charge >= 0.3 is 6.18 Å². The molecule has 0 radical (unpaired) electrons. The van der Waals surface area contributed by atoms with E-state index in [0.717, 1.165) is 11.3 Å². The number of fused-ring (bicyclic) bond motifs is 2. The number of alkyl halides is 3. The zero-order valence-electron chi connectivity index (χ0n) is 14.9. The van der Waals surface area contributed by atoms with E-state index in [-0.39, 0.29) is 39.2 Å². The van der Waals surface area contributed by atoms with Gasteiger partial charge in [0.2, 0.25) is 12.7 Å². The standard InChI is InChI=1S/C17H12F3N5O4S/c18-17(19,20)5-22-14(26)11-4-8-13(23-16(21)24-15(8)30-11)12(25-27)7-1-2-9-10(3-7)29-6-28-9/h1-4,27H,5-6H2,(H,22,26)(H2,21,23,24)/b25-12-. The first-order valence-corrected chi connectivity index (χ1v) is 9.11. The zero-order chi connectivity index (χ0) is 21.5. The van der Waals surface area contributed by atoms with Crippen LogP contribution < -0.4 is 20.5 Å². The maximum absolute atomic E-state index is 12.4. The van der Waals surface area contributed by atoms with Gasteiger partial charge in [0, 0.05) is 10.9 Å². The Hall–Kier alpha value is -3.61. The van der Waals surface area contributed by atoms with E-state index in [2.05, 4.69) is 15.1 Å². The number of amides is 1. The van der Waals surface area contributed by atoms with Crippen LogP contribution in [0.25, 0.3) is 10.2 Å². The van der Waals surface area contributed by atoms with Crippen LogP contribution in [-0.4, -0.2) is 46.3 Å². The van der Waals surface area contributed by atoms with Crippen molar-refractivity contribution in [1.82, 2.24) is 15.3 Å². The Kier molecular flexibility index (Phi) is 4.81. The van der Waals surface area contributed by atoms with Crippen molar-refractivity contribution >= 4 is 39.1 Å². The lowest BCUT2D eigenvalue weighted by Crippen LogP contribution is -2.33. The highest BCUT2D eigenvalue weighted by molar-refractivity contribution is 7.20. The lowest BCUT2D eigenvalue weighted by atomic mass is 10.0. The molecule has 2 aromatic heterocycles. The average Bonchev–Trinajstić information content (AvgIpc) is 3.32. The molecular formula is C17H12F3N5O4S. The van der Waals surface area contributed by atoms with Gasteiger partial charge in [0.25, 0.3) is 5.91 Å². The number of nitrogens with two attached hydrogens (primary N) is 1. The summed E-state index contributed by atoms with van der Waals surface area (Å²) in [6.07, 6.45) is -4.54. The van der Waals surface area contributed by atoms with Gasteiger partial charge in [-0.1, -0.05) is 5.16 Å². The molecule has 0 spiro atoms. The van der Waals surface area contributed by atoms with Gasteiger partial charge in [0.05, 0.1) is 4.88 Å². The Labute approximate surface area is 169 Å². The Morgan fingerprint density at radius 3 is 2.77 bits per heavy atom. The molecule has 9 nitrogen and oxygen atoms in total. The molecule has 3 aromatic rings. The van der Waals surface area contributed by atoms with Crippen LogP contribution in [0.5, 0.6) is 11.5 Å². The number of halogens is 3. The summed E-state index contributed by atoms with van der Waals surface area (Å²) in [5.41, 5.74) is 6.26. The predicted octanol–water partition coefficient (Wildman–Crippen LogP) is 2.52. The lowest BCUT2D eigenvalue weighted by Gasteiger charge is -2.07. The van der Waals surface area contributed by atoms with Crippen LogP contribution in [0.3, 0.4) is 0 Å². The van der Waals surface area contributed by atoms with Crippen molar-refractivity contribution in [3.63, 3.8) is 0 Å². The number of hydrogen-bond acceptors (Lipinski definition) is 9. The molecule has 4 rings (SSSR count). The van der Waals surface area contributed by atoms with Gasteiger partial charge in [-0.3, -0.25) is 4.79 Å². The van der Waals surface area contributed by atoms with Crippen molar-refractivity contribution < 1.29 is 32.6 Å². The molecule has 0 saturated carbocycles. The highest BCUT2D eigenvalue weighted by atomic mass is 32.1. The third-order valence-corrected chi connectivity index (χ3v) is 5.08. The van der Waals surface area contributed by atoms with Gasteiger partial charge in [-0.15, -0.1) is 11.3 Å². The molecule has 156 valence electrons. The lowest BCUT2D eigenvalue weighted by molar-refractivity contribution is -0.123. The van der Waals surface area contributed by atoms with Crippen LogP contribution >= 0.6 is 11.3 Å². The van der Waals surface area contributed by atoms with Gasteiger partial charge in [0.1, 0.15) is 22.8 Å². The Morgan fingerprint density at radius 1 is 1.27 bits per heavy atom. The van der Waals surface area contributed by atoms with Crippen LogP contribution in [0.4, 0.5) is 19.1 Å². The van der Waals surface area contributed by atoms with Crippen LogP contribution in [0.2, 0.25) is 0 Å². The zero-order valence-corrected chi connectivity index (χ0v) is 15.7. The summed E-state index contributed by atoms with van der Waals surface area (Å²) in [6, 6.07) is 6.12. The Bertz CT molecular complexity index is 1180. The van der Waals surface area contributed by atoms with Crippen molar-refractivity contribution in [1.29, 1.82) is 0 Å². The minimum absolute atomic E-state index is 0.00690. The monoisotopic (exact) mass is 439 g/mol. The number of oxime groups is 1. The van der Waals surface area contributed by atoms with Crippen LogP contribution in [0, 0.1) is 0 Å². The van der Waals surface area contributed by atoms with Gasteiger partial charge in [-0.25, -0.2) is 9.97 Å². The summed E-state index contributed by atoms with van der Waals surface area (Å²) in [4.78, 5) is 20.4. The van der Waals surface area contributed by atoms with E-state index < -0.39 is 18.6 Å². The molecule has 0 unspecified atom stereocenters. The highest BCUT2D eigenvalue weighted by Crippen LogP contribution is 2.34. The van der Waals surface area contributed by atoms with E-state index in [1.807, 2.05) is 0 Å². The van der Waals surface area contributed by atoms with Crippen LogP contribution in [0.1, 0.15) is 20.9 Å². The number of rotatable bonds is 4. The number of benzene rings is 1. The third-order valence-electron chi connectivity index (χ3n) is 4.05. The predicted molar refractivity (Wildman–Crippen MR) is 100 cm³/mol. The Morgan fingerprint density at radius 2 is 2.03 bits per heavy atom. The molecule has 1 amide bonds. The first kappa shape index (κ1) is 19.7. The largest absolute Gasteiger partial charge is 0.454 e. The number of aromatic nitrogens is 2. The fraction of sp³-hybridized carbons (Fsp3) is 0.176. The second-order valence-corrected chi connectivity index (χ2v) is 7.11. The number of ether oxygens (including phenoxy) is 2. The molecule has 4 N–H and O–H groups in total. The molecule has 0 atom stereocenters. The second kappa shape index (κ2) is 7.33. The quantitative estimate of drug-likeness (QED) is 0.323. The van der Waals surface area contributed by atoms with E-state index in [0.29, 0.717) is 17.1 Å². The summed E-state index contributed by atoms with van der Waals surface area (Å²) in [5, 5.41) is 15.0. The SMILES string of the molecule is Nc1nc(/C(=N\O)c2ccc3c(c2)OCO3)c2cc(C(=O)NCC(F)(F)F)sc2n1. The maximum atomic E-state index is 12.4. The summed E-state index contributed by atoms with van der Waals surface area (Å²) in [6.45, 7) is -1.42. The van der Waals surface area contributed by atoms with E-state index in [1.54, 1.807) is 23.5 Å². The third kappa shape index (κ3) is 3.78. The van der Waals surface area contributed by atoms with Gasteiger partial charge in [-0.2, -0.15) is 13.2 Å². The van der Waals surface area contributed by atoms with Crippen molar-refractivity contribution in [2.45, 2.75) is 6.18 Å². The van der Waals surface area contributed by atoms with E-state index in [1.165, 1.54) is 6.07 Å². The number of anilines is 1. The van der Waals surface area contributed by atoms with Crippen molar-refractivity contribution in [3.05, 3.63) is 40.4 Å². The van der Waals surface area contributed by atoms with E-state index in [9.17, 15) is 23.2 Å². The molecule has 1 aliphatic rings. The summed E-state index contributed by atoms with van der Waals surface area (Å²) in [7, 11) is 0. The molecule has 0 bridgehead atoms. The smallest absolute Gasteiger partial charge is 0.405 e. The van der Waals surface area contributed by atoms with Gasteiger partial charge in [0.15, 0.2) is 11.5 Å². The second-order valence-electron chi connectivity index (χ2n) is 6.07. The number of carbonyl (C=O) groups excluding carboxylic acids is 1. The fourth-order valence-electron chi connectivity index (χ4n) is 2.78. The average molecular weight is 439 g/mol. The molecule has 13 heteroatoms. The first-order valence-electron chi connectivity index (χ1n) is 8.29. The van der Waals surface area contributed by atoms with E-state index in [4.69, 9.17) is 15.2 Å². The van der Waals surface area contributed by atoms with Crippen LogP contribution in [0.15, 0.2) is 29.4 Å². The number of nitrogens with one attached hydrogen (secondary N) is 1. The summed E-state index contributed by atoms with van der Waals surface area (Å²) < 4.78 is 47.7. The number of carbonyl (C=O) groups is 1. The molecular weight excluding hydrogens is 427 g/mol. The van der Waals surface area contributed by atoms with Crippen LogP contribution in [-0.2, 0) is 0 Å². The Balaban J connectivity index is 1.74. The number of nitrogens with zero attached hydrogens (tertiary/aromatic N) is 3. The fourth-order valence-corrected chi connectivity index (χ4v) is 3.74. The minimum atomic E-state index is -4.54. The molecule has 0 saturated heterocycles. The molecule has 30 heavy (non-hydrogen) atoms. The van der Waals surface area contributed by atoms with Crippen molar-refractivity contribution in [2.24, 2.45) is 5.16 Å². The van der Waals surface area contributed by atoms with Crippen molar-refractivity contribution in [3.8, 4) is 11.5 Å². The molecule has 0 fully saturated rings. The maximum Gasteiger partial charge on any atom is 0.405 e. The summed E-state index contributed by atoms with van der Waals surface area (Å²) >= 11 is 0.836. The number of hydrogen-bond donors (Lipinski definition) is 3. The van der Waals surface area contributed by atoms with E-state index >= 15 is 0 Å². The van der Waals surface area contributed by atoms with Crippen molar-refractivity contribution in [2.75, 3.05) is 19.1 Å². The molecule has 0 aliphatic carbocycles. The van der Waals surface area contributed by atoms with Gasteiger partial charge < -0.3 is 25.7 Å². The number of nitrogen functional groups attached to an aromatic ring is 1. The normalized spacial score (nSPS) is 13.6. The molecule has 1 aromatic carbocycles. The topological polar surface area (TPSA) is 132 Å². The molecule has 3 heterocycles. The van der Waals surface area contributed by atoms with Gasteiger partial charge in [-0.05, 0) is 24.3 Å². The molecule has 1 aliphatic heterocycles.